The fraction of sp³-hybridized carbons (Fsp3) is 0.448. The molecule has 3 aromatic heterocycles. The summed E-state index contributed by atoms with van der Waals surface area (Å²) < 4.78 is 52.0. The van der Waals surface area contributed by atoms with Crippen molar-refractivity contribution in [2.45, 2.75) is 51.9 Å². The number of rotatable bonds is 8. The number of likely N-dealkylation sites (N-methyl/N-ethyl adjacent to an activating group) is 2. The number of hydrogen-bond acceptors (Lipinski definition) is 6. The van der Waals surface area contributed by atoms with Gasteiger partial charge in [-0.15, -0.1) is 10.2 Å². The predicted octanol–water partition coefficient (Wildman–Crippen LogP) is 4.69. The molecule has 0 fully saturated rings. The van der Waals surface area contributed by atoms with Crippen molar-refractivity contribution < 1.29 is 22.7 Å². The molecule has 0 radical (unpaired) electrons. The van der Waals surface area contributed by atoms with Gasteiger partial charge in [-0.2, -0.15) is 13.2 Å². The van der Waals surface area contributed by atoms with Crippen molar-refractivity contribution in [3.05, 3.63) is 82.1 Å². The van der Waals surface area contributed by atoms with E-state index in [4.69, 9.17) is 4.74 Å². The Labute approximate surface area is 241 Å². The van der Waals surface area contributed by atoms with E-state index in [2.05, 4.69) is 10.2 Å². The summed E-state index contributed by atoms with van der Waals surface area (Å²) in [5.74, 6) is 0.555. The van der Waals surface area contributed by atoms with Crippen LogP contribution in [0.25, 0.3) is 11.2 Å². The zero-order valence-corrected chi connectivity index (χ0v) is 24.8. The second kappa shape index (κ2) is 11.6. The van der Waals surface area contributed by atoms with Crippen LogP contribution in [-0.2, 0) is 24.5 Å². The molecule has 0 bridgehead atoms. The Balaban J connectivity index is 1.63. The lowest BCUT2D eigenvalue weighted by Gasteiger charge is -2.26. The van der Waals surface area contributed by atoms with Crippen LogP contribution < -0.4 is 5.69 Å². The topological polar surface area (TPSA) is 89.9 Å². The summed E-state index contributed by atoms with van der Waals surface area (Å²) in [7, 11) is 5.16. The number of pyridine rings is 1. The SMILES string of the molecule is C[C@H](c1cccc(-n2cc3c(C(F)(F)F)cc(CN(C)CCN(C)C(=O)OC(C)(C)C)cn3c2=O)c1)c1nncn1C. The molecule has 226 valence electrons. The molecule has 0 aliphatic carbocycles. The highest BCUT2D eigenvalue weighted by Crippen LogP contribution is 2.33. The number of carbonyl (C=O) groups excluding carboxylic acids is 1. The molecule has 4 rings (SSSR count). The Morgan fingerprint density at radius 1 is 1.10 bits per heavy atom. The number of fused-ring (bicyclic) bond motifs is 1. The van der Waals surface area contributed by atoms with Crippen molar-refractivity contribution in [2.75, 3.05) is 27.2 Å². The van der Waals surface area contributed by atoms with Gasteiger partial charge in [0.25, 0.3) is 0 Å². The highest BCUT2D eigenvalue weighted by molar-refractivity contribution is 5.67. The van der Waals surface area contributed by atoms with Crippen LogP contribution in [0.15, 0.2) is 53.8 Å². The normalized spacial score (nSPS) is 13.1. The maximum atomic E-state index is 14.2. The predicted molar refractivity (Wildman–Crippen MR) is 152 cm³/mol. The minimum Gasteiger partial charge on any atom is -0.444 e. The van der Waals surface area contributed by atoms with Crippen LogP contribution in [0.2, 0.25) is 0 Å². The molecule has 1 amide bonds. The Bertz CT molecular complexity index is 1630. The first-order valence-electron chi connectivity index (χ1n) is 13.5. The maximum absolute atomic E-state index is 14.2. The summed E-state index contributed by atoms with van der Waals surface area (Å²) in [6.45, 7) is 8.06. The monoisotopic (exact) mass is 587 g/mol. The minimum atomic E-state index is -4.68. The molecule has 0 aliphatic rings. The Hall–Kier alpha value is -4.13. The molecule has 0 saturated carbocycles. The number of amides is 1. The minimum absolute atomic E-state index is 0.128. The van der Waals surface area contributed by atoms with Gasteiger partial charge < -0.3 is 19.1 Å². The van der Waals surface area contributed by atoms with Gasteiger partial charge in [-0.3, -0.25) is 8.97 Å². The first-order valence-corrected chi connectivity index (χ1v) is 13.5. The Morgan fingerprint density at radius 2 is 1.81 bits per heavy atom. The third-order valence-corrected chi connectivity index (χ3v) is 6.89. The summed E-state index contributed by atoms with van der Waals surface area (Å²) in [5, 5.41) is 8.06. The van der Waals surface area contributed by atoms with Crippen LogP contribution in [0.5, 0.6) is 0 Å². The molecule has 10 nitrogen and oxygen atoms in total. The fourth-order valence-electron chi connectivity index (χ4n) is 4.66. The van der Waals surface area contributed by atoms with Gasteiger partial charge in [0.15, 0.2) is 0 Å². The van der Waals surface area contributed by atoms with Crippen molar-refractivity contribution in [3.8, 4) is 5.69 Å². The lowest BCUT2D eigenvalue weighted by Crippen LogP contribution is -2.38. The highest BCUT2D eigenvalue weighted by atomic mass is 19.4. The van der Waals surface area contributed by atoms with Gasteiger partial charge in [0.05, 0.1) is 16.8 Å². The third-order valence-electron chi connectivity index (χ3n) is 6.89. The molecule has 0 N–H and O–H groups in total. The van der Waals surface area contributed by atoms with Crippen molar-refractivity contribution in [1.29, 1.82) is 0 Å². The van der Waals surface area contributed by atoms with Gasteiger partial charge in [0.1, 0.15) is 17.8 Å². The number of ether oxygens (including phenoxy) is 1. The molecular formula is C29H36F3N7O3. The zero-order valence-electron chi connectivity index (χ0n) is 24.8. The first kappa shape index (κ1) is 30.8. The molecule has 1 atom stereocenters. The van der Waals surface area contributed by atoms with Crippen molar-refractivity contribution in [3.63, 3.8) is 0 Å². The molecule has 42 heavy (non-hydrogen) atoms. The van der Waals surface area contributed by atoms with Gasteiger partial charge in [0, 0.05) is 52.0 Å². The standard InChI is InChI=1S/C29H36F3N7O3/c1-19(25-34-33-18-37(25)7)21-9-8-10-22(14-21)38-17-24-23(29(30,31)32)13-20(16-39(24)26(38)40)15-35(5)11-12-36(6)27(41)42-28(2,3)4/h8-10,13-14,16-19H,11-12,15H2,1-7H3/t19-/m1/s1. The van der Waals surface area contributed by atoms with Crippen LogP contribution in [-0.4, -0.2) is 72.4 Å². The summed E-state index contributed by atoms with van der Waals surface area (Å²) >= 11 is 0. The van der Waals surface area contributed by atoms with E-state index >= 15 is 0 Å². The number of nitrogens with zero attached hydrogens (tertiary/aromatic N) is 7. The van der Waals surface area contributed by atoms with Crippen molar-refractivity contribution in [2.24, 2.45) is 7.05 Å². The van der Waals surface area contributed by atoms with Crippen LogP contribution in [0.1, 0.15) is 56.1 Å². The number of imidazole rings is 1. The van der Waals surface area contributed by atoms with Gasteiger partial charge in [-0.05, 0) is 57.1 Å². The molecule has 1 aromatic carbocycles. The average molecular weight is 588 g/mol. The van der Waals surface area contributed by atoms with E-state index in [1.54, 1.807) is 68.9 Å². The quantitative estimate of drug-likeness (QED) is 0.297. The van der Waals surface area contributed by atoms with Gasteiger partial charge in [-0.25, -0.2) is 9.59 Å². The summed E-state index contributed by atoms with van der Waals surface area (Å²) in [6, 6.07) is 8.14. The van der Waals surface area contributed by atoms with Crippen LogP contribution in [0.4, 0.5) is 18.0 Å². The molecular weight excluding hydrogens is 551 g/mol. The summed E-state index contributed by atoms with van der Waals surface area (Å²) in [6.07, 6.45) is -0.922. The number of aryl methyl sites for hydroxylation is 1. The second-order valence-electron chi connectivity index (χ2n) is 11.6. The van der Waals surface area contributed by atoms with E-state index in [0.29, 0.717) is 30.2 Å². The van der Waals surface area contributed by atoms with Gasteiger partial charge >= 0.3 is 18.0 Å². The molecule has 0 unspecified atom stereocenters. The van der Waals surface area contributed by atoms with Crippen LogP contribution >= 0.6 is 0 Å². The second-order valence-corrected chi connectivity index (χ2v) is 11.6. The zero-order chi connectivity index (χ0) is 31.0. The number of alkyl halides is 3. The summed E-state index contributed by atoms with van der Waals surface area (Å²) in [5.41, 5.74) is -0.822. The largest absolute Gasteiger partial charge is 0.444 e. The lowest BCUT2D eigenvalue weighted by atomic mass is 10.00. The molecule has 3 heterocycles. The first-order chi connectivity index (χ1) is 19.5. The average Bonchev–Trinajstić information content (AvgIpc) is 3.47. The highest BCUT2D eigenvalue weighted by Gasteiger charge is 2.34. The smallest absolute Gasteiger partial charge is 0.418 e. The molecule has 0 spiro atoms. The molecule has 0 aliphatic heterocycles. The Kier molecular flexibility index (Phi) is 8.53. The number of hydrogen-bond donors (Lipinski definition) is 0. The molecule has 0 saturated heterocycles. The van der Waals surface area contributed by atoms with E-state index in [-0.39, 0.29) is 18.0 Å². The third kappa shape index (κ3) is 6.84. The summed E-state index contributed by atoms with van der Waals surface area (Å²) in [4.78, 5) is 28.9. The van der Waals surface area contributed by atoms with Gasteiger partial charge in [-0.1, -0.05) is 19.1 Å². The molecule has 13 heteroatoms. The van der Waals surface area contributed by atoms with E-state index in [1.807, 2.05) is 20.0 Å². The number of aromatic nitrogens is 5. The van der Waals surface area contributed by atoms with E-state index in [9.17, 15) is 22.8 Å². The number of halogens is 3. The van der Waals surface area contributed by atoms with E-state index < -0.39 is 29.1 Å². The fourth-order valence-corrected chi connectivity index (χ4v) is 4.66. The number of benzene rings is 1. The number of carbonyl (C=O) groups is 1. The van der Waals surface area contributed by atoms with Crippen molar-refractivity contribution >= 4 is 11.6 Å². The Morgan fingerprint density at radius 3 is 2.43 bits per heavy atom. The van der Waals surface area contributed by atoms with Crippen molar-refractivity contribution in [1.82, 2.24) is 33.5 Å². The van der Waals surface area contributed by atoms with E-state index in [0.717, 1.165) is 16.0 Å². The van der Waals surface area contributed by atoms with Crippen LogP contribution in [0.3, 0.4) is 0 Å². The lowest BCUT2D eigenvalue weighted by molar-refractivity contribution is -0.136. The maximum Gasteiger partial charge on any atom is 0.418 e. The van der Waals surface area contributed by atoms with Gasteiger partial charge in [0.2, 0.25) is 0 Å². The van der Waals surface area contributed by atoms with E-state index in [1.165, 1.54) is 21.9 Å². The van der Waals surface area contributed by atoms with Crippen LogP contribution in [0, 0.1) is 0 Å². The molecule has 4 aromatic rings.